The van der Waals surface area contributed by atoms with Gasteiger partial charge in [-0.1, -0.05) is 37.3 Å². The molecule has 1 aromatic rings. The molecule has 0 saturated heterocycles. The van der Waals surface area contributed by atoms with Crippen molar-refractivity contribution in [3.05, 3.63) is 41.5 Å². The molecule has 0 bridgehead atoms. The minimum atomic E-state index is -0.688. The van der Waals surface area contributed by atoms with Crippen LogP contribution < -0.4 is 4.74 Å². The number of aliphatic hydroxyl groups is 2. The molecule has 3 aliphatic rings. The average Bonchev–Trinajstić information content (AvgIpc) is 3.21. The Morgan fingerprint density at radius 2 is 2.13 bits per heavy atom. The maximum atomic E-state index is 12.1. The number of fused-ring (bicyclic) bond motifs is 3. The molecule has 0 spiro atoms. The standard InChI is InChI=1S/C24H32O6/c1-3-11-29-13-14(25)7-8-18-20(26)12-21-22(18)19-6-4-5-16(23(19)30-21)15-9-10-17(15)24(27)28-2/h4-8,14-15,17-18,20-22,25-26H,3,9-13H2,1-2H3/b8-7+/t14-,15?,17?,18?,20+,21?,22?/m0/s1. The first kappa shape index (κ1) is 21.3. The number of ether oxygens (including phenoxy) is 3. The Labute approximate surface area is 177 Å². The highest BCUT2D eigenvalue weighted by Crippen LogP contribution is 2.55. The van der Waals surface area contributed by atoms with Crippen molar-refractivity contribution >= 4 is 5.97 Å². The summed E-state index contributed by atoms with van der Waals surface area (Å²) in [5, 5.41) is 20.8. The Hall–Kier alpha value is -1.89. The molecule has 1 aromatic carbocycles. The van der Waals surface area contributed by atoms with E-state index in [0.29, 0.717) is 13.0 Å². The van der Waals surface area contributed by atoms with Gasteiger partial charge in [0.15, 0.2) is 0 Å². The lowest BCUT2D eigenvalue weighted by molar-refractivity contribution is -0.149. The fourth-order valence-electron chi connectivity index (χ4n) is 5.19. The van der Waals surface area contributed by atoms with Crippen molar-refractivity contribution in [1.29, 1.82) is 0 Å². The van der Waals surface area contributed by atoms with Crippen LogP contribution in [0.15, 0.2) is 30.4 Å². The topological polar surface area (TPSA) is 85.2 Å². The number of carbonyl (C=O) groups is 1. The van der Waals surface area contributed by atoms with Crippen LogP contribution in [0.25, 0.3) is 0 Å². The molecule has 0 aromatic heterocycles. The summed E-state index contributed by atoms with van der Waals surface area (Å²) in [5.41, 5.74) is 2.17. The van der Waals surface area contributed by atoms with Crippen LogP contribution in [0.3, 0.4) is 0 Å². The molecule has 1 heterocycles. The van der Waals surface area contributed by atoms with Gasteiger partial charge in [-0.25, -0.2) is 0 Å². The van der Waals surface area contributed by atoms with Crippen LogP contribution in [0.2, 0.25) is 0 Å². The second-order valence-electron chi connectivity index (χ2n) is 8.67. The van der Waals surface area contributed by atoms with Crippen LogP contribution in [0.5, 0.6) is 5.75 Å². The number of carbonyl (C=O) groups excluding carboxylic acids is 1. The van der Waals surface area contributed by atoms with Crippen LogP contribution in [-0.4, -0.2) is 54.8 Å². The van der Waals surface area contributed by atoms with Gasteiger partial charge in [-0.15, -0.1) is 0 Å². The van der Waals surface area contributed by atoms with Crippen LogP contribution in [0, 0.1) is 11.8 Å². The molecule has 0 amide bonds. The van der Waals surface area contributed by atoms with E-state index in [1.165, 1.54) is 7.11 Å². The van der Waals surface area contributed by atoms with Crippen molar-refractivity contribution in [3.63, 3.8) is 0 Å². The van der Waals surface area contributed by atoms with E-state index in [1.807, 2.05) is 19.1 Å². The number of hydrogen-bond donors (Lipinski definition) is 2. The van der Waals surface area contributed by atoms with E-state index in [4.69, 9.17) is 14.2 Å². The Morgan fingerprint density at radius 1 is 1.33 bits per heavy atom. The summed E-state index contributed by atoms with van der Waals surface area (Å²) < 4.78 is 16.7. The van der Waals surface area contributed by atoms with E-state index < -0.39 is 12.2 Å². The van der Waals surface area contributed by atoms with Gasteiger partial charge in [0.05, 0.1) is 31.8 Å². The predicted molar refractivity (Wildman–Crippen MR) is 111 cm³/mol. The normalized spacial score (nSPS) is 32.9. The van der Waals surface area contributed by atoms with Crippen LogP contribution in [0.1, 0.15) is 55.6 Å². The van der Waals surface area contributed by atoms with Crippen molar-refractivity contribution in [2.45, 2.75) is 62.8 Å². The van der Waals surface area contributed by atoms with E-state index in [9.17, 15) is 15.0 Å². The zero-order valence-electron chi connectivity index (χ0n) is 17.7. The van der Waals surface area contributed by atoms with Gasteiger partial charge in [0.2, 0.25) is 0 Å². The first-order chi connectivity index (χ1) is 14.5. The van der Waals surface area contributed by atoms with E-state index in [2.05, 4.69) is 12.1 Å². The van der Waals surface area contributed by atoms with Gasteiger partial charge in [-0.2, -0.15) is 0 Å². The second kappa shape index (κ2) is 9.08. The number of para-hydroxylation sites is 1. The minimum absolute atomic E-state index is 0.0478. The van der Waals surface area contributed by atoms with E-state index in [0.717, 1.165) is 36.1 Å². The largest absolute Gasteiger partial charge is 0.489 e. The maximum absolute atomic E-state index is 12.1. The summed E-state index contributed by atoms with van der Waals surface area (Å²) >= 11 is 0. The van der Waals surface area contributed by atoms with Crippen molar-refractivity contribution in [2.24, 2.45) is 11.8 Å². The van der Waals surface area contributed by atoms with Crippen molar-refractivity contribution in [1.82, 2.24) is 0 Å². The fraction of sp³-hybridized carbons (Fsp3) is 0.625. The number of esters is 1. The van der Waals surface area contributed by atoms with Gasteiger partial charge in [-0.3, -0.25) is 4.79 Å². The molecule has 2 saturated carbocycles. The molecule has 2 aliphatic carbocycles. The number of methoxy groups -OCH3 is 1. The monoisotopic (exact) mass is 416 g/mol. The van der Waals surface area contributed by atoms with Crippen LogP contribution in [0.4, 0.5) is 0 Å². The van der Waals surface area contributed by atoms with Gasteiger partial charge in [0.25, 0.3) is 0 Å². The molecule has 1 aliphatic heterocycles. The fourth-order valence-corrected chi connectivity index (χ4v) is 5.19. The van der Waals surface area contributed by atoms with Gasteiger partial charge < -0.3 is 24.4 Å². The first-order valence-corrected chi connectivity index (χ1v) is 11.0. The summed E-state index contributed by atoms with van der Waals surface area (Å²) in [6.07, 6.45) is 5.62. The third-order valence-electron chi connectivity index (χ3n) is 6.81. The molecule has 7 atom stereocenters. The molecule has 4 rings (SSSR count). The maximum Gasteiger partial charge on any atom is 0.309 e. The zero-order valence-corrected chi connectivity index (χ0v) is 17.7. The number of benzene rings is 1. The lowest BCUT2D eigenvalue weighted by Gasteiger charge is -2.35. The molecule has 6 heteroatoms. The smallest absolute Gasteiger partial charge is 0.309 e. The zero-order chi connectivity index (χ0) is 21.3. The first-order valence-electron chi connectivity index (χ1n) is 11.0. The number of rotatable bonds is 8. The molecule has 0 radical (unpaired) electrons. The summed E-state index contributed by atoms with van der Waals surface area (Å²) in [5.74, 6) is 0.672. The Bertz CT molecular complexity index is 790. The van der Waals surface area contributed by atoms with Crippen molar-refractivity contribution in [2.75, 3.05) is 20.3 Å². The second-order valence-corrected chi connectivity index (χ2v) is 8.67. The van der Waals surface area contributed by atoms with Crippen molar-refractivity contribution < 1.29 is 29.2 Å². The van der Waals surface area contributed by atoms with Gasteiger partial charge in [0, 0.05) is 36.3 Å². The predicted octanol–water partition coefficient (Wildman–Crippen LogP) is 2.92. The molecule has 2 N–H and O–H groups in total. The molecular weight excluding hydrogens is 384 g/mol. The quantitative estimate of drug-likeness (QED) is 0.385. The molecular formula is C24H32O6. The molecule has 2 fully saturated rings. The Morgan fingerprint density at radius 3 is 2.83 bits per heavy atom. The third-order valence-corrected chi connectivity index (χ3v) is 6.81. The summed E-state index contributed by atoms with van der Waals surface area (Å²) in [7, 11) is 1.44. The third kappa shape index (κ3) is 3.88. The number of aliphatic hydroxyl groups excluding tert-OH is 2. The highest BCUT2D eigenvalue weighted by atomic mass is 16.5. The highest BCUT2D eigenvalue weighted by Gasteiger charge is 2.50. The van der Waals surface area contributed by atoms with Crippen LogP contribution >= 0.6 is 0 Å². The lowest BCUT2D eigenvalue weighted by Crippen LogP contribution is -2.32. The van der Waals surface area contributed by atoms with E-state index >= 15 is 0 Å². The SMILES string of the molecule is CCCOC[C@@H](O)/C=C/C1C2c3cccc(C4CCC4C(=O)OC)c3OC2C[C@H]1O. The summed E-state index contributed by atoms with van der Waals surface area (Å²) in [6, 6.07) is 6.14. The Kier molecular flexibility index (Phi) is 6.46. The van der Waals surface area contributed by atoms with E-state index in [1.54, 1.807) is 6.08 Å². The Balaban J connectivity index is 1.53. The van der Waals surface area contributed by atoms with Gasteiger partial charge in [0.1, 0.15) is 11.9 Å². The van der Waals surface area contributed by atoms with Crippen molar-refractivity contribution in [3.8, 4) is 5.75 Å². The average molecular weight is 417 g/mol. The molecule has 30 heavy (non-hydrogen) atoms. The number of hydrogen-bond acceptors (Lipinski definition) is 6. The molecule has 6 nitrogen and oxygen atoms in total. The lowest BCUT2D eigenvalue weighted by atomic mass is 9.69. The van der Waals surface area contributed by atoms with Gasteiger partial charge in [-0.05, 0) is 24.8 Å². The van der Waals surface area contributed by atoms with Gasteiger partial charge >= 0.3 is 5.97 Å². The molecule has 5 unspecified atom stereocenters. The summed E-state index contributed by atoms with van der Waals surface area (Å²) in [4.78, 5) is 12.1. The highest BCUT2D eigenvalue weighted by molar-refractivity contribution is 5.75. The molecule has 164 valence electrons. The van der Waals surface area contributed by atoms with E-state index in [-0.39, 0.29) is 42.4 Å². The minimum Gasteiger partial charge on any atom is -0.489 e. The summed E-state index contributed by atoms with van der Waals surface area (Å²) in [6.45, 7) is 2.91. The van der Waals surface area contributed by atoms with Crippen LogP contribution in [-0.2, 0) is 14.3 Å².